The van der Waals surface area contributed by atoms with Crippen LogP contribution in [0, 0.1) is 18.3 Å². The quantitative estimate of drug-likeness (QED) is 0.645. The molecule has 7 nitrogen and oxygen atoms in total. The van der Waals surface area contributed by atoms with Crippen molar-refractivity contribution in [3.05, 3.63) is 49.6 Å². The van der Waals surface area contributed by atoms with Crippen LogP contribution in [0.5, 0.6) is 0 Å². The lowest BCUT2D eigenvalue weighted by atomic mass is 10.0. The second-order valence-electron chi connectivity index (χ2n) is 9.62. The first-order valence-electron chi connectivity index (χ1n) is 12.7. The van der Waals surface area contributed by atoms with Gasteiger partial charge >= 0.3 is 0 Å². The van der Waals surface area contributed by atoms with Crippen molar-refractivity contribution in [3.8, 4) is 6.07 Å². The van der Waals surface area contributed by atoms with Gasteiger partial charge in [0.2, 0.25) is 5.91 Å². The highest BCUT2D eigenvalue weighted by Crippen LogP contribution is 2.30. The van der Waals surface area contributed by atoms with Crippen molar-refractivity contribution >= 4 is 41.3 Å². The van der Waals surface area contributed by atoms with Crippen LogP contribution in [0.25, 0.3) is 12.2 Å². The molecule has 4 rings (SSSR count). The molecule has 2 fully saturated rings. The Morgan fingerprint density at radius 1 is 1.25 bits per heavy atom. The van der Waals surface area contributed by atoms with Crippen LogP contribution in [0.15, 0.2) is 12.1 Å². The number of benzene rings is 1. The number of hydrogen-bond donors (Lipinski definition) is 1. The number of amides is 1. The lowest BCUT2D eigenvalue weighted by Crippen LogP contribution is -2.55. The molecule has 0 radical (unpaired) electrons. The number of halogens is 2. The molecule has 36 heavy (non-hydrogen) atoms. The summed E-state index contributed by atoms with van der Waals surface area (Å²) in [7, 11) is 0. The van der Waals surface area contributed by atoms with E-state index in [4.69, 9.17) is 23.2 Å². The van der Waals surface area contributed by atoms with E-state index in [0.29, 0.717) is 22.3 Å². The largest absolute Gasteiger partial charge is 0.339 e. The van der Waals surface area contributed by atoms with Crippen LogP contribution >= 0.6 is 23.2 Å². The average Bonchev–Trinajstić information content (AvgIpc) is 3.27. The van der Waals surface area contributed by atoms with Crippen LogP contribution in [0.2, 0.25) is 10.0 Å². The Hall–Kier alpha value is -2.37. The Balaban J connectivity index is 1.54. The fourth-order valence-corrected chi connectivity index (χ4v) is 5.65. The number of piperazine rings is 1. The molecule has 1 N–H and O–H groups in total. The summed E-state index contributed by atoms with van der Waals surface area (Å²) in [5.74, 6) is 0.238. The van der Waals surface area contributed by atoms with Gasteiger partial charge in [-0.25, -0.2) is 0 Å². The zero-order valence-electron chi connectivity index (χ0n) is 21.2. The fourth-order valence-electron chi connectivity index (χ4n) is 5.11. The first kappa shape index (κ1) is 26.7. The Morgan fingerprint density at radius 2 is 2.00 bits per heavy atom. The lowest BCUT2D eigenvalue weighted by Gasteiger charge is -2.37. The number of piperidine rings is 1. The molecule has 2 aliphatic heterocycles. The summed E-state index contributed by atoms with van der Waals surface area (Å²) in [5, 5.41) is 20.7. The number of nitriles is 1. The van der Waals surface area contributed by atoms with Crippen LogP contribution in [0.1, 0.15) is 56.0 Å². The smallest absolute Gasteiger partial charge is 0.239 e. The van der Waals surface area contributed by atoms with E-state index in [2.05, 4.69) is 27.5 Å². The number of aromatic nitrogens is 2. The number of nitrogens with one attached hydrogen (secondary N) is 1. The molecular weight excluding hydrogens is 495 g/mol. The van der Waals surface area contributed by atoms with Crippen molar-refractivity contribution in [2.24, 2.45) is 0 Å². The summed E-state index contributed by atoms with van der Waals surface area (Å²) in [4.78, 5) is 17.2. The van der Waals surface area contributed by atoms with E-state index in [0.717, 1.165) is 73.7 Å². The van der Waals surface area contributed by atoms with Gasteiger partial charge < -0.3 is 10.2 Å². The van der Waals surface area contributed by atoms with Gasteiger partial charge in [0.25, 0.3) is 0 Å². The monoisotopic (exact) mass is 528 g/mol. The molecule has 0 bridgehead atoms. The second-order valence-corrected chi connectivity index (χ2v) is 10.4. The first-order valence-corrected chi connectivity index (χ1v) is 13.4. The first-order chi connectivity index (χ1) is 17.3. The minimum Gasteiger partial charge on any atom is -0.339 e. The van der Waals surface area contributed by atoms with E-state index in [-0.39, 0.29) is 18.0 Å². The van der Waals surface area contributed by atoms with Crippen molar-refractivity contribution in [2.45, 2.75) is 52.1 Å². The van der Waals surface area contributed by atoms with E-state index < -0.39 is 0 Å². The normalized spacial score (nSPS) is 21.0. The van der Waals surface area contributed by atoms with Gasteiger partial charge in [-0.2, -0.15) is 10.4 Å². The number of rotatable bonds is 5. The molecule has 1 amide bonds. The molecule has 2 unspecified atom stereocenters. The minimum atomic E-state index is -0.182. The molecule has 1 aromatic carbocycles. The van der Waals surface area contributed by atoms with Crippen LogP contribution in [0.4, 0.5) is 0 Å². The average molecular weight is 530 g/mol. The number of carbonyl (C=O) groups excluding carboxylic acids is 1. The Morgan fingerprint density at radius 3 is 2.64 bits per heavy atom. The fraction of sp³-hybridized carbons (Fsp3) is 0.519. The number of aryl methyl sites for hydroxylation is 1. The van der Waals surface area contributed by atoms with E-state index in [1.807, 2.05) is 42.5 Å². The molecule has 3 heterocycles. The highest BCUT2D eigenvalue weighted by Gasteiger charge is 2.28. The molecule has 0 spiro atoms. The van der Waals surface area contributed by atoms with E-state index in [1.165, 1.54) is 0 Å². The molecule has 0 aliphatic carbocycles. The number of nitrogens with zero attached hydrogens (tertiary/aromatic N) is 5. The van der Waals surface area contributed by atoms with Gasteiger partial charge in [-0.15, -0.1) is 0 Å². The number of hydrogen-bond acceptors (Lipinski definition) is 5. The summed E-state index contributed by atoms with van der Waals surface area (Å²) in [5.41, 5.74) is 2.25. The summed E-state index contributed by atoms with van der Waals surface area (Å²) in [6.07, 6.45) is 7.27. The highest BCUT2D eigenvalue weighted by molar-refractivity contribution is 6.35. The van der Waals surface area contributed by atoms with Crippen molar-refractivity contribution in [2.75, 3.05) is 39.3 Å². The molecule has 1 aromatic heterocycles. The zero-order valence-corrected chi connectivity index (χ0v) is 22.7. The lowest BCUT2D eigenvalue weighted by molar-refractivity contribution is -0.135. The molecule has 2 aliphatic rings. The third kappa shape index (κ3) is 5.63. The van der Waals surface area contributed by atoms with Gasteiger partial charge in [0, 0.05) is 48.0 Å². The maximum absolute atomic E-state index is 12.9. The van der Waals surface area contributed by atoms with Crippen molar-refractivity contribution in [1.29, 1.82) is 5.26 Å². The Kier molecular flexibility index (Phi) is 8.74. The Labute approximate surface area is 223 Å². The predicted octanol–water partition coefficient (Wildman–Crippen LogP) is 2.85. The van der Waals surface area contributed by atoms with Crippen LogP contribution in [-0.4, -0.2) is 70.8 Å². The van der Waals surface area contributed by atoms with Crippen LogP contribution in [0.3, 0.4) is 0 Å². The van der Waals surface area contributed by atoms with Gasteiger partial charge in [-0.1, -0.05) is 41.8 Å². The van der Waals surface area contributed by atoms with E-state index in [1.54, 1.807) is 6.07 Å². The summed E-state index contributed by atoms with van der Waals surface area (Å²) >= 11 is 12.8. The van der Waals surface area contributed by atoms with Gasteiger partial charge in [-0.05, 0) is 63.4 Å². The molecule has 2 atom stereocenters. The predicted molar refractivity (Wildman–Crippen MR) is 144 cm³/mol. The standard InChI is InChI=1S/C27H34Cl2N6O/c1-4-20-25(17-30)32-35(19(3)21-15-18(2)22(28)16-23(21)29)26(20)8-10-33-11-13-34(14-12-33)27(36)24-7-5-6-9-31-24/h4,8,15-16,19,24,31H,5-7,9-14H2,1-3H3/b20-4-,26-8+. The third-order valence-electron chi connectivity index (χ3n) is 7.31. The molecule has 2 aromatic rings. The molecule has 192 valence electrons. The zero-order chi connectivity index (χ0) is 25.8. The molecular formula is C27H34Cl2N6O. The highest BCUT2D eigenvalue weighted by atomic mass is 35.5. The maximum atomic E-state index is 12.9. The second kappa shape index (κ2) is 11.8. The summed E-state index contributed by atoms with van der Waals surface area (Å²) in [6.45, 7) is 10.6. The van der Waals surface area contributed by atoms with Crippen molar-refractivity contribution in [1.82, 2.24) is 24.9 Å². The van der Waals surface area contributed by atoms with Crippen LogP contribution in [-0.2, 0) is 4.79 Å². The third-order valence-corrected chi connectivity index (χ3v) is 8.04. The van der Waals surface area contributed by atoms with E-state index >= 15 is 0 Å². The maximum Gasteiger partial charge on any atom is 0.239 e. The topological polar surface area (TPSA) is 77.2 Å². The molecule has 0 saturated carbocycles. The summed E-state index contributed by atoms with van der Waals surface area (Å²) < 4.78 is 1.89. The Bertz CT molecular complexity index is 1270. The van der Waals surface area contributed by atoms with E-state index in [9.17, 15) is 10.1 Å². The van der Waals surface area contributed by atoms with Crippen molar-refractivity contribution < 1.29 is 4.79 Å². The van der Waals surface area contributed by atoms with Gasteiger partial charge in [0.05, 0.1) is 17.4 Å². The van der Waals surface area contributed by atoms with Gasteiger partial charge in [0.1, 0.15) is 6.07 Å². The van der Waals surface area contributed by atoms with Crippen LogP contribution < -0.4 is 15.9 Å². The summed E-state index contributed by atoms with van der Waals surface area (Å²) in [6, 6.07) is 5.78. The molecule has 2 saturated heterocycles. The van der Waals surface area contributed by atoms with Crippen molar-refractivity contribution in [3.63, 3.8) is 0 Å². The minimum absolute atomic E-state index is 0.0249. The van der Waals surface area contributed by atoms with Gasteiger partial charge in [-0.3, -0.25) is 14.4 Å². The molecule has 9 heteroatoms. The van der Waals surface area contributed by atoms with Gasteiger partial charge in [0.15, 0.2) is 5.69 Å². The number of carbonyl (C=O) groups is 1. The SMILES string of the molecule is C/C=c1/c(C#N)nn(C(C)c2cc(C)c(Cl)cc2Cl)/c1=C/CN1CCN(C(=O)C2CCCCN2)CC1.